The summed E-state index contributed by atoms with van der Waals surface area (Å²) < 4.78 is 28.5. The van der Waals surface area contributed by atoms with Gasteiger partial charge in [-0.2, -0.15) is 0 Å². The molecule has 4 aromatic heterocycles. The summed E-state index contributed by atoms with van der Waals surface area (Å²) in [6.07, 6.45) is 12.6. The second-order valence-electron chi connectivity index (χ2n) is 18.3. The van der Waals surface area contributed by atoms with Crippen molar-refractivity contribution >= 4 is 66.2 Å². The van der Waals surface area contributed by atoms with Crippen LogP contribution in [-0.4, -0.2) is 9.13 Å². The van der Waals surface area contributed by atoms with E-state index in [1.54, 1.807) is 72.8 Å². The van der Waals surface area contributed by atoms with Crippen LogP contribution in [0, 0.1) is 24.7 Å². The van der Waals surface area contributed by atoms with Crippen LogP contribution in [0.25, 0.3) is 77.6 Å². The van der Waals surface area contributed by atoms with Gasteiger partial charge in [0.25, 0.3) is 22.2 Å². The van der Waals surface area contributed by atoms with Gasteiger partial charge in [0, 0.05) is 16.5 Å². The molecule has 0 saturated heterocycles. The fourth-order valence-electron chi connectivity index (χ4n) is 10.8. The van der Waals surface area contributed by atoms with Gasteiger partial charge in [-0.1, -0.05) is 39.5 Å². The highest BCUT2D eigenvalue weighted by Crippen LogP contribution is 2.63. The maximum Gasteiger partial charge on any atom is 0.266 e. The Hall–Kier alpha value is -8.08. The van der Waals surface area contributed by atoms with E-state index in [-0.39, 0.29) is 32.4 Å². The monoisotopic (exact) mass is 826 g/mol. The van der Waals surface area contributed by atoms with Gasteiger partial charge in [0.15, 0.2) is 44.7 Å². The minimum absolute atomic E-state index is 0.222. The Labute approximate surface area is 356 Å². The molecular weight excluding hydrogens is 793 g/mol. The molecule has 2 aliphatic rings. The van der Waals surface area contributed by atoms with Crippen LogP contribution in [0.2, 0.25) is 0 Å². The molecule has 0 unspecified atom stereocenters. The molecule has 0 bridgehead atoms. The van der Waals surface area contributed by atoms with Crippen LogP contribution < -0.4 is 22.2 Å². The van der Waals surface area contributed by atoms with E-state index < -0.39 is 27.7 Å². The van der Waals surface area contributed by atoms with Gasteiger partial charge in [0.2, 0.25) is 0 Å². The second-order valence-corrected chi connectivity index (χ2v) is 18.3. The lowest BCUT2D eigenvalue weighted by molar-refractivity contribution is 0.349. The summed E-state index contributed by atoms with van der Waals surface area (Å²) in [5, 5.41) is 0.901. The Morgan fingerprint density at radius 2 is 0.698 bits per heavy atom. The summed E-state index contributed by atoms with van der Waals surface area (Å²) in [4.78, 5) is 54.7. The Kier molecular flexibility index (Phi) is 7.03. The molecule has 4 heterocycles. The molecule has 10 heteroatoms. The number of nitrogens with zero attached hydrogens (tertiary/aromatic N) is 2. The van der Waals surface area contributed by atoms with Crippen molar-refractivity contribution in [1.29, 1.82) is 0 Å². The first kappa shape index (κ1) is 36.7. The van der Waals surface area contributed by atoms with Crippen LogP contribution in [-0.2, 0) is 16.2 Å². The quantitative estimate of drug-likeness (QED) is 0.124. The second kappa shape index (κ2) is 12.1. The summed E-state index contributed by atoms with van der Waals surface area (Å²) in [5.74, 6) is 5.11. The number of aromatic nitrogens is 2. The van der Waals surface area contributed by atoms with Crippen LogP contribution >= 0.6 is 0 Å². The van der Waals surface area contributed by atoms with Crippen LogP contribution in [0.4, 0.5) is 0 Å². The molecule has 0 amide bonds. The smallest absolute Gasteiger partial charge is 0.266 e. The lowest BCUT2D eigenvalue weighted by Gasteiger charge is -2.30. The first-order chi connectivity index (χ1) is 30.2. The summed E-state index contributed by atoms with van der Waals surface area (Å²) in [6, 6.07) is 27.9. The highest BCUT2D eigenvalue weighted by atomic mass is 16.4. The molecule has 304 valence electrons. The zero-order valence-corrected chi connectivity index (χ0v) is 34.5. The predicted octanol–water partition coefficient (Wildman–Crippen LogP) is 9.61. The van der Waals surface area contributed by atoms with Gasteiger partial charge >= 0.3 is 0 Å². The molecule has 1 spiro atoms. The van der Waals surface area contributed by atoms with Crippen molar-refractivity contribution in [2.45, 2.75) is 56.8 Å². The lowest BCUT2D eigenvalue weighted by atomic mass is 9.72. The molecule has 0 atom stereocenters. The van der Waals surface area contributed by atoms with Crippen LogP contribution in [0.5, 0.6) is 0 Å². The number of benzene rings is 6. The Morgan fingerprint density at radius 1 is 0.429 bits per heavy atom. The van der Waals surface area contributed by atoms with Crippen molar-refractivity contribution < 1.29 is 17.7 Å². The number of terminal acetylenes is 2. The maximum atomic E-state index is 13.7. The van der Waals surface area contributed by atoms with Gasteiger partial charge in [-0.15, -0.1) is 12.8 Å². The van der Waals surface area contributed by atoms with Crippen molar-refractivity contribution in [3.05, 3.63) is 172 Å². The summed E-state index contributed by atoms with van der Waals surface area (Å²) in [7, 11) is 0. The van der Waals surface area contributed by atoms with Gasteiger partial charge < -0.3 is 17.7 Å². The Bertz CT molecular complexity index is 3810. The molecule has 12 rings (SSSR count). The average molecular weight is 827 g/mol. The maximum absolute atomic E-state index is 13.7. The van der Waals surface area contributed by atoms with Crippen molar-refractivity contribution in [3.8, 4) is 36.1 Å². The molecule has 0 aliphatic heterocycles. The predicted molar refractivity (Wildman–Crippen MR) is 243 cm³/mol. The van der Waals surface area contributed by atoms with E-state index in [0.717, 1.165) is 44.2 Å². The first-order valence-corrected chi connectivity index (χ1v) is 20.5. The van der Waals surface area contributed by atoms with Crippen LogP contribution in [0.1, 0.15) is 73.9 Å². The van der Waals surface area contributed by atoms with Gasteiger partial charge in [-0.05, 0) is 143 Å². The number of rotatable bonds is 2. The summed E-state index contributed by atoms with van der Waals surface area (Å²) in [5.41, 5.74) is 7.07. The van der Waals surface area contributed by atoms with E-state index in [9.17, 15) is 19.2 Å². The fourth-order valence-corrected chi connectivity index (χ4v) is 10.8. The van der Waals surface area contributed by atoms with E-state index in [1.807, 2.05) is 12.1 Å². The van der Waals surface area contributed by atoms with Crippen LogP contribution in [0.3, 0.4) is 0 Å². The van der Waals surface area contributed by atoms with Crippen molar-refractivity contribution in [3.63, 3.8) is 0 Å². The first-order valence-electron chi connectivity index (χ1n) is 20.5. The standard InChI is InChI=1S/C53H34N2O8/c1-7-27-9-13-29(14-10-27)54-47(56)31-17-39-41(19-33(31)49(54)58)62-45-23-37-35(21-43(45)60-39)51(3,4)25-53(37)26-52(5,6)36-22-44-46(24-38(36)53)63-42-20-34-32(18-40(42)61-44)48(57)55(50(34)59)30-15-11-28(8-2)12-16-30/h1-2,9-24H,25-26H2,3-6H3. The zero-order valence-electron chi connectivity index (χ0n) is 34.5. The van der Waals surface area contributed by atoms with Crippen molar-refractivity contribution in [2.75, 3.05) is 0 Å². The lowest BCUT2D eigenvalue weighted by Crippen LogP contribution is -2.26. The molecule has 10 nitrogen and oxygen atoms in total. The van der Waals surface area contributed by atoms with Gasteiger partial charge in [-0.25, -0.2) is 9.13 Å². The van der Waals surface area contributed by atoms with Gasteiger partial charge in [-0.3, -0.25) is 19.2 Å². The average Bonchev–Trinajstić information content (AvgIpc) is 3.83. The minimum atomic E-state index is -0.462. The number of hydrogen-bond donors (Lipinski definition) is 0. The van der Waals surface area contributed by atoms with Gasteiger partial charge in [0.1, 0.15) is 0 Å². The van der Waals surface area contributed by atoms with E-state index in [4.69, 9.17) is 30.5 Å². The van der Waals surface area contributed by atoms with Gasteiger partial charge in [0.05, 0.1) is 32.9 Å². The highest BCUT2D eigenvalue weighted by molar-refractivity contribution is 5.96. The Balaban J connectivity index is 1.02. The van der Waals surface area contributed by atoms with E-state index in [1.165, 1.54) is 0 Å². The normalized spacial score (nSPS) is 15.8. The molecule has 0 N–H and O–H groups in total. The molecule has 0 fully saturated rings. The zero-order chi connectivity index (χ0) is 43.5. The third-order valence-electron chi connectivity index (χ3n) is 13.5. The number of hydrogen-bond acceptors (Lipinski definition) is 8. The number of fused-ring (bicyclic) bond motifs is 10. The minimum Gasteiger partial charge on any atom is -0.449 e. The van der Waals surface area contributed by atoms with E-state index >= 15 is 0 Å². The third kappa shape index (κ3) is 4.92. The SMILES string of the molecule is C#Cc1ccc(-n2c(=O)c3cc4oc5cc6c(cc5oc4cc3c2=O)C2(CC6(C)C)CC(C)(C)c3cc4oc5cc6c(=O)n(-c7ccc(C#C)cc7)c(=O)c6cc5oc4cc32)cc1. The molecule has 2 aliphatic carbocycles. The molecule has 63 heavy (non-hydrogen) atoms. The van der Waals surface area contributed by atoms with E-state index in [2.05, 4.69) is 51.7 Å². The van der Waals surface area contributed by atoms with Crippen molar-refractivity contribution in [1.82, 2.24) is 9.13 Å². The fraction of sp³-hybridized carbons (Fsp3) is 0.170. The highest BCUT2D eigenvalue weighted by Gasteiger charge is 2.57. The molecular formula is C53H34N2O8. The third-order valence-corrected chi connectivity index (χ3v) is 13.5. The topological polar surface area (TPSA) is 131 Å². The molecule has 6 aromatic carbocycles. The summed E-state index contributed by atoms with van der Waals surface area (Å²) in [6.45, 7) is 8.93. The van der Waals surface area contributed by atoms with Crippen LogP contribution in [0.15, 0.2) is 134 Å². The van der Waals surface area contributed by atoms with E-state index in [0.29, 0.717) is 67.2 Å². The molecule has 0 saturated carbocycles. The molecule has 10 aromatic rings. The summed E-state index contributed by atoms with van der Waals surface area (Å²) >= 11 is 0. The molecule has 0 radical (unpaired) electrons. The Morgan fingerprint density at radius 3 is 0.984 bits per heavy atom. The largest absolute Gasteiger partial charge is 0.449 e. The van der Waals surface area contributed by atoms with Crippen molar-refractivity contribution in [2.24, 2.45) is 0 Å².